The number of nitrogens with two attached hydrogens (primary N) is 1. The van der Waals surface area contributed by atoms with Gasteiger partial charge in [-0.25, -0.2) is 4.39 Å². The van der Waals surface area contributed by atoms with Gasteiger partial charge in [-0.2, -0.15) is 0 Å². The first-order valence-electron chi connectivity index (χ1n) is 7.05. The van der Waals surface area contributed by atoms with Gasteiger partial charge in [0.1, 0.15) is 18.2 Å². The predicted octanol–water partition coefficient (Wildman–Crippen LogP) is 2.26. The number of rotatable bonds is 5. The van der Waals surface area contributed by atoms with Crippen molar-refractivity contribution in [1.29, 1.82) is 0 Å². The Kier molecular flexibility index (Phi) is 5.16. The van der Waals surface area contributed by atoms with Crippen LogP contribution >= 0.6 is 0 Å². The average molecular weight is 266 g/mol. The van der Waals surface area contributed by atoms with Crippen LogP contribution in [0.15, 0.2) is 24.3 Å². The molecule has 1 aromatic rings. The molecule has 0 bridgehead atoms. The standard InChI is InChI=1S/C15H23FN2O/c1-2-18-8-6-12(7-9-18)15(17)11-19-14-5-3-4-13(16)10-14/h3-5,10,12,15H,2,6-9,11,17H2,1H3. The van der Waals surface area contributed by atoms with Crippen LogP contribution in [0.3, 0.4) is 0 Å². The maximum absolute atomic E-state index is 13.0. The van der Waals surface area contributed by atoms with Crippen molar-refractivity contribution in [3.8, 4) is 5.75 Å². The summed E-state index contributed by atoms with van der Waals surface area (Å²) in [6.07, 6.45) is 2.25. The first-order valence-corrected chi connectivity index (χ1v) is 7.05. The van der Waals surface area contributed by atoms with Crippen LogP contribution in [0.25, 0.3) is 0 Å². The summed E-state index contributed by atoms with van der Waals surface area (Å²) in [5, 5.41) is 0. The summed E-state index contributed by atoms with van der Waals surface area (Å²) in [6.45, 7) is 6.00. The molecule has 1 fully saturated rings. The van der Waals surface area contributed by atoms with E-state index in [-0.39, 0.29) is 11.9 Å². The van der Waals surface area contributed by atoms with E-state index in [9.17, 15) is 4.39 Å². The fourth-order valence-corrected chi connectivity index (χ4v) is 2.58. The third kappa shape index (κ3) is 4.18. The lowest BCUT2D eigenvalue weighted by Gasteiger charge is -2.33. The summed E-state index contributed by atoms with van der Waals surface area (Å²) < 4.78 is 18.6. The second-order valence-corrected chi connectivity index (χ2v) is 5.20. The van der Waals surface area contributed by atoms with Crippen molar-refractivity contribution in [2.45, 2.75) is 25.8 Å². The van der Waals surface area contributed by atoms with Gasteiger partial charge in [-0.1, -0.05) is 13.0 Å². The predicted molar refractivity (Wildman–Crippen MR) is 74.7 cm³/mol. The number of benzene rings is 1. The first kappa shape index (κ1) is 14.3. The molecular weight excluding hydrogens is 243 g/mol. The summed E-state index contributed by atoms with van der Waals surface area (Å²) in [5.74, 6) is 0.792. The van der Waals surface area contributed by atoms with E-state index in [0.29, 0.717) is 18.3 Å². The molecule has 3 nitrogen and oxygen atoms in total. The molecular formula is C15H23FN2O. The molecule has 1 heterocycles. The fourth-order valence-electron chi connectivity index (χ4n) is 2.58. The SMILES string of the molecule is CCN1CCC(C(N)COc2cccc(F)c2)CC1. The van der Waals surface area contributed by atoms with Crippen LogP contribution < -0.4 is 10.5 Å². The minimum atomic E-state index is -0.276. The zero-order chi connectivity index (χ0) is 13.7. The molecule has 106 valence electrons. The number of ether oxygens (including phenoxy) is 1. The van der Waals surface area contributed by atoms with Crippen molar-refractivity contribution in [2.75, 3.05) is 26.2 Å². The summed E-state index contributed by atoms with van der Waals surface area (Å²) in [5.41, 5.74) is 6.18. The van der Waals surface area contributed by atoms with Crippen LogP contribution in [0.1, 0.15) is 19.8 Å². The van der Waals surface area contributed by atoms with Gasteiger partial charge in [0.25, 0.3) is 0 Å². The van der Waals surface area contributed by atoms with Gasteiger partial charge in [0.2, 0.25) is 0 Å². The average Bonchev–Trinajstić information content (AvgIpc) is 2.45. The maximum atomic E-state index is 13.0. The van der Waals surface area contributed by atoms with Gasteiger partial charge in [0.05, 0.1) is 0 Å². The highest BCUT2D eigenvalue weighted by atomic mass is 19.1. The van der Waals surface area contributed by atoms with E-state index in [4.69, 9.17) is 10.5 Å². The third-order valence-corrected chi connectivity index (χ3v) is 3.92. The van der Waals surface area contributed by atoms with Gasteiger partial charge in [-0.05, 0) is 50.5 Å². The van der Waals surface area contributed by atoms with Crippen molar-refractivity contribution < 1.29 is 9.13 Å². The Bertz CT molecular complexity index is 391. The van der Waals surface area contributed by atoms with E-state index < -0.39 is 0 Å². The van der Waals surface area contributed by atoms with Gasteiger partial charge in [-0.3, -0.25) is 0 Å². The normalized spacial score (nSPS) is 19.3. The van der Waals surface area contributed by atoms with Gasteiger partial charge < -0.3 is 15.4 Å². The molecule has 1 saturated heterocycles. The lowest BCUT2D eigenvalue weighted by molar-refractivity contribution is 0.151. The zero-order valence-electron chi connectivity index (χ0n) is 11.5. The molecule has 0 aliphatic carbocycles. The number of hydrogen-bond donors (Lipinski definition) is 1. The second-order valence-electron chi connectivity index (χ2n) is 5.20. The largest absolute Gasteiger partial charge is 0.492 e. The Morgan fingerprint density at radius 3 is 2.79 bits per heavy atom. The van der Waals surface area contributed by atoms with E-state index in [1.165, 1.54) is 12.1 Å². The van der Waals surface area contributed by atoms with Gasteiger partial charge in [0.15, 0.2) is 0 Å². The van der Waals surface area contributed by atoms with Crippen molar-refractivity contribution in [3.05, 3.63) is 30.1 Å². The van der Waals surface area contributed by atoms with Crippen LogP contribution in [0.4, 0.5) is 4.39 Å². The van der Waals surface area contributed by atoms with Gasteiger partial charge in [-0.15, -0.1) is 0 Å². The highest BCUT2D eigenvalue weighted by Crippen LogP contribution is 2.20. The Hall–Kier alpha value is -1.13. The molecule has 0 amide bonds. The van der Waals surface area contributed by atoms with E-state index in [1.54, 1.807) is 12.1 Å². The van der Waals surface area contributed by atoms with E-state index in [2.05, 4.69) is 11.8 Å². The summed E-state index contributed by atoms with van der Waals surface area (Å²) in [6, 6.07) is 6.24. The van der Waals surface area contributed by atoms with Gasteiger partial charge >= 0.3 is 0 Å². The Morgan fingerprint density at radius 2 is 2.16 bits per heavy atom. The number of nitrogens with zero attached hydrogens (tertiary/aromatic N) is 1. The molecule has 0 aromatic heterocycles. The van der Waals surface area contributed by atoms with Crippen molar-refractivity contribution >= 4 is 0 Å². The molecule has 1 aliphatic rings. The van der Waals surface area contributed by atoms with Crippen LogP contribution in [-0.2, 0) is 0 Å². The van der Waals surface area contributed by atoms with Gasteiger partial charge in [0, 0.05) is 12.1 Å². The maximum Gasteiger partial charge on any atom is 0.126 e. The molecule has 2 rings (SSSR count). The molecule has 4 heteroatoms. The van der Waals surface area contributed by atoms with Crippen LogP contribution in [0.5, 0.6) is 5.75 Å². The summed E-state index contributed by atoms with van der Waals surface area (Å²) in [7, 11) is 0. The molecule has 1 aliphatic heterocycles. The minimum Gasteiger partial charge on any atom is -0.492 e. The molecule has 1 aromatic carbocycles. The lowest BCUT2D eigenvalue weighted by atomic mass is 9.90. The molecule has 1 unspecified atom stereocenters. The monoisotopic (exact) mass is 266 g/mol. The van der Waals surface area contributed by atoms with Crippen LogP contribution in [0, 0.1) is 11.7 Å². The minimum absolute atomic E-state index is 0.0299. The highest BCUT2D eigenvalue weighted by Gasteiger charge is 2.23. The molecule has 0 saturated carbocycles. The first-order chi connectivity index (χ1) is 9.19. The van der Waals surface area contributed by atoms with Crippen molar-refractivity contribution in [3.63, 3.8) is 0 Å². The Balaban J connectivity index is 1.77. The number of likely N-dealkylation sites (tertiary alicyclic amines) is 1. The molecule has 2 N–H and O–H groups in total. The second kappa shape index (κ2) is 6.87. The summed E-state index contributed by atoms with van der Waals surface area (Å²) >= 11 is 0. The van der Waals surface area contributed by atoms with E-state index >= 15 is 0 Å². The summed E-state index contributed by atoms with van der Waals surface area (Å²) in [4.78, 5) is 2.44. The Morgan fingerprint density at radius 1 is 1.42 bits per heavy atom. The topological polar surface area (TPSA) is 38.5 Å². The van der Waals surface area contributed by atoms with E-state index in [0.717, 1.165) is 32.5 Å². The fraction of sp³-hybridized carbons (Fsp3) is 0.600. The lowest BCUT2D eigenvalue weighted by Crippen LogP contribution is -2.43. The molecule has 0 spiro atoms. The van der Waals surface area contributed by atoms with Crippen LogP contribution in [-0.4, -0.2) is 37.2 Å². The molecule has 1 atom stereocenters. The number of hydrogen-bond acceptors (Lipinski definition) is 3. The zero-order valence-corrected chi connectivity index (χ0v) is 11.5. The number of piperidine rings is 1. The quantitative estimate of drug-likeness (QED) is 0.888. The molecule has 19 heavy (non-hydrogen) atoms. The third-order valence-electron chi connectivity index (χ3n) is 3.92. The van der Waals surface area contributed by atoms with Crippen molar-refractivity contribution in [2.24, 2.45) is 11.7 Å². The highest BCUT2D eigenvalue weighted by molar-refractivity contribution is 5.22. The van der Waals surface area contributed by atoms with E-state index in [1.807, 2.05) is 0 Å². The van der Waals surface area contributed by atoms with Crippen molar-refractivity contribution in [1.82, 2.24) is 4.90 Å². The Labute approximate surface area is 114 Å². The van der Waals surface area contributed by atoms with Crippen LogP contribution in [0.2, 0.25) is 0 Å². The smallest absolute Gasteiger partial charge is 0.126 e. The number of halogens is 1. The molecule has 0 radical (unpaired) electrons.